The molecule has 1 aliphatic heterocycles. The summed E-state index contributed by atoms with van der Waals surface area (Å²) in [5, 5.41) is 4.03. The Balaban J connectivity index is 1.57. The van der Waals surface area contributed by atoms with Crippen LogP contribution in [0, 0.1) is 5.82 Å². The highest BCUT2D eigenvalue weighted by molar-refractivity contribution is 5.84. The van der Waals surface area contributed by atoms with E-state index in [1.54, 1.807) is 12.1 Å². The van der Waals surface area contributed by atoms with Crippen molar-refractivity contribution >= 4 is 5.91 Å². The Morgan fingerprint density at radius 2 is 1.96 bits per heavy atom. The third-order valence-corrected chi connectivity index (χ3v) is 5.27. The lowest BCUT2D eigenvalue weighted by Gasteiger charge is -2.26. The molecule has 0 aliphatic carbocycles. The standard InChI is InChI=1S/C22H22FN3O2/c1-2-18(15-7-4-3-5-8-15)22(27)26-14-6-9-19(26)21-24-20(25-28-21)16-10-12-17(23)13-11-16/h3-5,7-8,10-13,18-19H,2,6,9,14H2,1H3. The van der Waals surface area contributed by atoms with Gasteiger partial charge in [-0.3, -0.25) is 4.79 Å². The number of halogens is 1. The van der Waals surface area contributed by atoms with E-state index in [2.05, 4.69) is 10.1 Å². The number of carbonyl (C=O) groups is 1. The Bertz CT molecular complexity index is 940. The molecule has 3 aromatic rings. The van der Waals surface area contributed by atoms with E-state index in [0.29, 0.717) is 23.8 Å². The molecular formula is C22H22FN3O2. The minimum atomic E-state index is -0.313. The first kappa shape index (κ1) is 18.3. The monoisotopic (exact) mass is 379 g/mol. The molecule has 2 heterocycles. The van der Waals surface area contributed by atoms with Crippen LogP contribution in [0.3, 0.4) is 0 Å². The maximum atomic E-state index is 13.3. The van der Waals surface area contributed by atoms with Crippen LogP contribution in [0.15, 0.2) is 59.1 Å². The quantitative estimate of drug-likeness (QED) is 0.643. The highest BCUT2D eigenvalue weighted by atomic mass is 19.1. The topological polar surface area (TPSA) is 59.2 Å². The Labute approximate surface area is 163 Å². The van der Waals surface area contributed by atoms with E-state index in [9.17, 15) is 9.18 Å². The van der Waals surface area contributed by atoms with Crippen molar-refractivity contribution in [3.63, 3.8) is 0 Å². The van der Waals surface area contributed by atoms with Gasteiger partial charge >= 0.3 is 0 Å². The number of nitrogens with zero attached hydrogens (tertiary/aromatic N) is 3. The van der Waals surface area contributed by atoms with Crippen LogP contribution in [-0.2, 0) is 4.79 Å². The van der Waals surface area contributed by atoms with Gasteiger partial charge in [0.25, 0.3) is 0 Å². The maximum absolute atomic E-state index is 13.3. The zero-order valence-electron chi connectivity index (χ0n) is 15.7. The lowest BCUT2D eigenvalue weighted by Crippen LogP contribution is -2.34. The van der Waals surface area contributed by atoms with Crippen LogP contribution in [0.2, 0.25) is 0 Å². The van der Waals surface area contributed by atoms with Gasteiger partial charge in [0.1, 0.15) is 11.9 Å². The molecule has 1 saturated heterocycles. The molecular weight excluding hydrogens is 357 g/mol. The number of hydrogen-bond acceptors (Lipinski definition) is 4. The summed E-state index contributed by atoms with van der Waals surface area (Å²) in [5.74, 6) is 0.447. The summed E-state index contributed by atoms with van der Waals surface area (Å²) in [6, 6.07) is 15.6. The van der Waals surface area contributed by atoms with E-state index in [1.165, 1.54) is 12.1 Å². The minimum absolute atomic E-state index is 0.0951. The van der Waals surface area contributed by atoms with Gasteiger partial charge in [-0.15, -0.1) is 0 Å². The molecule has 4 rings (SSSR count). The van der Waals surface area contributed by atoms with Crippen molar-refractivity contribution in [1.82, 2.24) is 15.0 Å². The van der Waals surface area contributed by atoms with Crippen LogP contribution < -0.4 is 0 Å². The van der Waals surface area contributed by atoms with Crippen molar-refractivity contribution in [2.24, 2.45) is 0 Å². The summed E-state index contributed by atoms with van der Waals surface area (Å²) in [4.78, 5) is 19.6. The lowest BCUT2D eigenvalue weighted by atomic mass is 9.94. The molecule has 0 bridgehead atoms. The second-order valence-electron chi connectivity index (χ2n) is 7.02. The molecule has 0 radical (unpaired) electrons. The predicted molar refractivity (Wildman–Crippen MR) is 103 cm³/mol. The van der Waals surface area contributed by atoms with Crippen LogP contribution >= 0.6 is 0 Å². The van der Waals surface area contributed by atoms with Gasteiger partial charge < -0.3 is 9.42 Å². The predicted octanol–water partition coefficient (Wildman–Crippen LogP) is 4.73. The second kappa shape index (κ2) is 7.92. The first-order chi connectivity index (χ1) is 13.7. The van der Waals surface area contributed by atoms with Crippen molar-refractivity contribution in [3.8, 4) is 11.4 Å². The largest absolute Gasteiger partial charge is 0.337 e. The molecule has 144 valence electrons. The molecule has 28 heavy (non-hydrogen) atoms. The fraction of sp³-hybridized carbons (Fsp3) is 0.318. The van der Waals surface area contributed by atoms with Crippen LogP contribution in [-0.4, -0.2) is 27.5 Å². The van der Waals surface area contributed by atoms with Crippen molar-refractivity contribution in [2.45, 2.75) is 38.1 Å². The van der Waals surface area contributed by atoms with Crippen molar-refractivity contribution in [2.75, 3.05) is 6.54 Å². The summed E-state index contributed by atoms with van der Waals surface area (Å²) in [6.45, 7) is 2.71. The number of rotatable bonds is 5. The summed E-state index contributed by atoms with van der Waals surface area (Å²) < 4.78 is 18.6. The van der Waals surface area contributed by atoms with Gasteiger partial charge in [0.2, 0.25) is 17.6 Å². The smallest absolute Gasteiger partial charge is 0.249 e. The van der Waals surface area contributed by atoms with E-state index in [-0.39, 0.29) is 23.7 Å². The number of hydrogen-bond donors (Lipinski definition) is 0. The zero-order chi connectivity index (χ0) is 19.5. The van der Waals surface area contributed by atoms with E-state index in [0.717, 1.165) is 24.8 Å². The van der Waals surface area contributed by atoms with Crippen LogP contribution in [0.5, 0.6) is 0 Å². The van der Waals surface area contributed by atoms with Crippen LogP contribution in [0.25, 0.3) is 11.4 Å². The molecule has 2 unspecified atom stereocenters. The lowest BCUT2D eigenvalue weighted by molar-refractivity contribution is -0.134. The molecule has 0 spiro atoms. The molecule has 1 fully saturated rings. The van der Waals surface area contributed by atoms with E-state index >= 15 is 0 Å². The first-order valence-corrected chi connectivity index (χ1v) is 9.62. The Morgan fingerprint density at radius 3 is 2.68 bits per heavy atom. The molecule has 6 heteroatoms. The van der Waals surface area contributed by atoms with Crippen molar-refractivity contribution < 1.29 is 13.7 Å². The molecule has 0 saturated carbocycles. The number of carbonyl (C=O) groups excluding carboxylic acids is 1. The molecule has 5 nitrogen and oxygen atoms in total. The number of amides is 1. The van der Waals surface area contributed by atoms with Gasteiger partial charge in [0.05, 0.1) is 5.92 Å². The van der Waals surface area contributed by atoms with Crippen LogP contribution in [0.1, 0.15) is 49.6 Å². The molecule has 1 aliphatic rings. The van der Waals surface area contributed by atoms with E-state index in [4.69, 9.17) is 4.52 Å². The van der Waals surface area contributed by atoms with Gasteiger partial charge in [-0.1, -0.05) is 42.4 Å². The van der Waals surface area contributed by atoms with Gasteiger partial charge in [-0.25, -0.2) is 4.39 Å². The second-order valence-corrected chi connectivity index (χ2v) is 7.02. The number of benzene rings is 2. The summed E-state index contributed by atoms with van der Waals surface area (Å²) >= 11 is 0. The van der Waals surface area contributed by atoms with Crippen LogP contribution in [0.4, 0.5) is 4.39 Å². The Hall–Kier alpha value is -3.02. The highest BCUT2D eigenvalue weighted by Gasteiger charge is 2.37. The van der Waals surface area contributed by atoms with Gasteiger partial charge in [0.15, 0.2) is 0 Å². The Kier molecular flexibility index (Phi) is 5.19. The Morgan fingerprint density at radius 1 is 1.21 bits per heavy atom. The van der Waals surface area contributed by atoms with Gasteiger partial charge in [-0.05, 0) is 49.1 Å². The van der Waals surface area contributed by atoms with Gasteiger partial charge in [-0.2, -0.15) is 4.98 Å². The third kappa shape index (κ3) is 3.54. The molecule has 1 aromatic heterocycles. The molecule has 1 amide bonds. The SMILES string of the molecule is CCC(C(=O)N1CCCC1c1nc(-c2ccc(F)cc2)no1)c1ccccc1. The van der Waals surface area contributed by atoms with E-state index in [1.807, 2.05) is 42.2 Å². The van der Waals surface area contributed by atoms with E-state index < -0.39 is 0 Å². The normalized spacial score (nSPS) is 17.6. The number of likely N-dealkylation sites (tertiary alicyclic amines) is 1. The first-order valence-electron chi connectivity index (χ1n) is 9.62. The molecule has 2 aromatic carbocycles. The average molecular weight is 379 g/mol. The highest BCUT2D eigenvalue weighted by Crippen LogP contribution is 2.35. The minimum Gasteiger partial charge on any atom is -0.337 e. The van der Waals surface area contributed by atoms with Gasteiger partial charge in [0, 0.05) is 12.1 Å². The number of aromatic nitrogens is 2. The third-order valence-electron chi connectivity index (χ3n) is 5.27. The fourth-order valence-corrected chi connectivity index (χ4v) is 3.81. The van der Waals surface area contributed by atoms with Crippen molar-refractivity contribution in [1.29, 1.82) is 0 Å². The summed E-state index contributed by atoms with van der Waals surface area (Å²) in [7, 11) is 0. The summed E-state index contributed by atoms with van der Waals surface area (Å²) in [5.41, 5.74) is 1.71. The zero-order valence-corrected chi connectivity index (χ0v) is 15.7. The average Bonchev–Trinajstić information content (AvgIpc) is 3.39. The summed E-state index contributed by atoms with van der Waals surface area (Å²) in [6.07, 6.45) is 2.43. The molecule has 2 atom stereocenters. The maximum Gasteiger partial charge on any atom is 0.249 e. The fourth-order valence-electron chi connectivity index (χ4n) is 3.81. The molecule has 0 N–H and O–H groups in total. The van der Waals surface area contributed by atoms with Crippen molar-refractivity contribution in [3.05, 3.63) is 71.9 Å².